The van der Waals surface area contributed by atoms with Crippen molar-refractivity contribution in [3.05, 3.63) is 131 Å². The predicted octanol–water partition coefficient (Wildman–Crippen LogP) is 4.17. The number of hydrogen-bond donors (Lipinski definition) is 0. The Balaban J connectivity index is 0.00000229. The maximum absolute atomic E-state index is 2.58. The largest absolute Gasteiger partial charge is 1.00 e. The highest BCUT2D eigenvalue weighted by Gasteiger charge is 2.38. The summed E-state index contributed by atoms with van der Waals surface area (Å²) in [5.41, 5.74) is 15.4. The summed E-state index contributed by atoms with van der Waals surface area (Å²) in [4.78, 5) is 0. The van der Waals surface area contributed by atoms with Crippen molar-refractivity contribution in [1.29, 1.82) is 0 Å². The number of para-hydroxylation sites is 1. The smallest absolute Gasteiger partial charge is 0.223 e. The Kier molecular flexibility index (Phi) is 5.62. The molecule has 0 spiro atoms. The Labute approximate surface area is 217 Å². The van der Waals surface area contributed by atoms with Gasteiger partial charge in [-0.15, -0.1) is 0 Å². The van der Waals surface area contributed by atoms with Crippen LogP contribution in [0.15, 0.2) is 109 Å². The first-order valence-corrected chi connectivity index (χ1v) is 12.3. The molecule has 2 aliphatic carbocycles. The van der Waals surface area contributed by atoms with Gasteiger partial charge < -0.3 is 17.0 Å². The number of hydrogen-bond acceptors (Lipinski definition) is 0. The van der Waals surface area contributed by atoms with E-state index in [1.54, 1.807) is 0 Å². The van der Waals surface area contributed by atoms with Crippen molar-refractivity contribution in [3.63, 3.8) is 0 Å². The third-order valence-corrected chi connectivity index (χ3v) is 7.53. The van der Waals surface area contributed by atoms with Crippen LogP contribution in [0.4, 0.5) is 0 Å². The maximum atomic E-state index is 2.58. The third-order valence-electron chi connectivity index (χ3n) is 7.53. The second-order valence-electron chi connectivity index (χ2n) is 9.38. The van der Waals surface area contributed by atoms with Crippen molar-refractivity contribution in [1.82, 2.24) is 0 Å². The van der Waals surface area contributed by atoms with E-state index in [2.05, 4.69) is 114 Å². The molecule has 5 aromatic rings. The van der Waals surface area contributed by atoms with Crippen LogP contribution >= 0.6 is 0 Å². The van der Waals surface area contributed by atoms with Gasteiger partial charge in [0.25, 0.3) is 0 Å². The minimum atomic E-state index is 0. The lowest BCUT2D eigenvalue weighted by Gasteiger charge is -2.28. The van der Waals surface area contributed by atoms with Crippen LogP contribution in [0.1, 0.15) is 22.3 Å². The van der Waals surface area contributed by atoms with Gasteiger partial charge >= 0.3 is 0 Å². The molecule has 0 bridgehead atoms. The van der Waals surface area contributed by atoms with Gasteiger partial charge in [0, 0.05) is 28.8 Å². The molecule has 0 fully saturated rings. The fraction of sp³-hybridized carbons (Fsp3) is 0.121. The number of aromatic nitrogens is 1. The molecular weight excluding hydrogens is 490 g/mol. The highest BCUT2D eigenvalue weighted by Crippen LogP contribution is 2.45. The van der Waals surface area contributed by atoms with E-state index in [0.29, 0.717) is 0 Å². The van der Waals surface area contributed by atoms with Gasteiger partial charge in [-0.1, -0.05) is 84.9 Å². The van der Waals surface area contributed by atoms with E-state index < -0.39 is 0 Å². The lowest BCUT2D eigenvalue weighted by molar-refractivity contribution is -0.573. The zero-order valence-electron chi connectivity index (χ0n) is 19.5. The summed E-state index contributed by atoms with van der Waals surface area (Å²) in [6.07, 6.45) is 4.32. The zero-order chi connectivity index (χ0) is 22.5. The number of rotatable bonds is 2. The first-order valence-electron chi connectivity index (χ1n) is 12.3. The van der Waals surface area contributed by atoms with E-state index in [0.717, 1.165) is 25.7 Å². The Bertz CT molecular complexity index is 1460. The summed E-state index contributed by atoms with van der Waals surface area (Å²) < 4.78 is 2.58. The van der Waals surface area contributed by atoms with Crippen LogP contribution in [0.3, 0.4) is 0 Å². The molecule has 0 aliphatic heterocycles. The van der Waals surface area contributed by atoms with Gasteiger partial charge in [0.2, 0.25) is 17.1 Å². The molecule has 0 saturated heterocycles. The number of aryl methyl sites for hydroxylation is 2. The summed E-state index contributed by atoms with van der Waals surface area (Å²) in [7, 11) is 0. The Morgan fingerprint density at radius 2 is 0.914 bits per heavy atom. The number of halogens is 1. The molecule has 0 unspecified atom stereocenters. The minimum Gasteiger partial charge on any atom is -1.00 e. The molecule has 0 atom stereocenters. The predicted molar refractivity (Wildman–Crippen MR) is 139 cm³/mol. The highest BCUT2D eigenvalue weighted by atomic mass is 79.9. The number of benzene rings is 4. The molecule has 1 aromatic heterocycles. The third kappa shape index (κ3) is 3.47. The molecule has 1 heterocycles. The average Bonchev–Trinajstić information content (AvgIpc) is 2.92. The molecule has 0 radical (unpaired) electrons. The van der Waals surface area contributed by atoms with Crippen molar-refractivity contribution >= 4 is 0 Å². The van der Waals surface area contributed by atoms with E-state index in [1.807, 2.05) is 0 Å². The van der Waals surface area contributed by atoms with E-state index in [-0.39, 0.29) is 17.0 Å². The van der Waals surface area contributed by atoms with Gasteiger partial charge in [-0.2, -0.15) is 4.57 Å². The van der Waals surface area contributed by atoms with Crippen molar-refractivity contribution in [2.24, 2.45) is 0 Å². The highest BCUT2D eigenvalue weighted by molar-refractivity contribution is 5.85. The van der Waals surface area contributed by atoms with Crippen LogP contribution in [-0.2, 0) is 25.7 Å². The molecule has 170 valence electrons. The van der Waals surface area contributed by atoms with Crippen LogP contribution in [0.5, 0.6) is 0 Å². The average molecular weight is 516 g/mol. The second-order valence-corrected chi connectivity index (χ2v) is 9.38. The second kappa shape index (κ2) is 8.94. The number of pyridine rings is 1. The van der Waals surface area contributed by atoms with Crippen molar-refractivity contribution in [2.75, 3.05) is 0 Å². The van der Waals surface area contributed by atoms with Crippen molar-refractivity contribution < 1.29 is 21.5 Å². The van der Waals surface area contributed by atoms with E-state index in [1.165, 1.54) is 61.6 Å². The van der Waals surface area contributed by atoms with E-state index in [4.69, 9.17) is 0 Å². The van der Waals surface area contributed by atoms with Gasteiger partial charge in [0.05, 0.1) is 11.1 Å². The topological polar surface area (TPSA) is 3.88 Å². The van der Waals surface area contributed by atoms with Gasteiger partial charge in [-0.05, 0) is 54.5 Å². The molecule has 0 amide bonds. The first kappa shape index (κ1) is 22.0. The van der Waals surface area contributed by atoms with E-state index >= 15 is 0 Å². The minimum absolute atomic E-state index is 0. The molecule has 7 rings (SSSR count). The lowest BCUT2D eigenvalue weighted by atomic mass is 9.77. The number of nitrogens with zero attached hydrogens (tertiary/aromatic N) is 1. The first-order chi connectivity index (χ1) is 16.9. The molecule has 1 nitrogen and oxygen atoms in total. The van der Waals surface area contributed by atoms with Gasteiger partial charge in [-0.3, -0.25) is 0 Å². The standard InChI is InChI=1S/C33H26N.BrH/c1-3-13-25(14-4-1)31-29-21-19-23-11-7-9-17-27(23)32(29)34(26-15-5-2-6-16-26)33-28-18-10-8-12-24(28)20-22-30(31)33;/h1-18H,19-22H2;1H/q+1;/p-1. The molecule has 35 heavy (non-hydrogen) atoms. The Morgan fingerprint density at radius 1 is 0.457 bits per heavy atom. The molecular formula is C33H26BrN. The Hall–Kier alpha value is -3.49. The van der Waals surface area contributed by atoms with Crippen LogP contribution in [0.2, 0.25) is 0 Å². The summed E-state index contributed by atoms with van der Waals surface area (Å²) in [5, 5.41) is 0. The van der Waals surface area contributed by atoms with Crippen LogP contribution < -0.4 is 21.5 Å². The lowest BCUT2D eigenvalue weighted by Crippen LogP contribution is -3.00. The molecule has 2 heteroatoms. The van der Waals surface area contributed by atoms with E-state index in [9.17, 15) is 0 Å². The van der Waals surface area contributed by atoms with Gasteiger partial charge in [0.15, 0.2) is 0 Å². The summed E-state index contributed by atoms with van der Waals surface area (Å²) >= 11 is 0. The van der Waals surface area contributed by atoms with Crippen LogP contribution in [0.25, 0.3) is 39.3 Å². The van der Waals surface area contributed by atoms with Gasteiger partial charge in [-0.25, -0.2) is 0 Å². The molecule has 0 N–H and O–H groups in total. The normalized spacial score (nSPS) is 13.0. The zero-order valence-corrected chi connectivity index (χ0v) is 21.1. The monoisotopic (exact) mass is 515 g/mol. The molecule has 2 aliphatic rings. The summed E-state index contributed by atoms with van der Waals surface area (Å²) in [6.45, 7) is 0. The van der Waals surface area contributed by atoms with Crippen molar-refractivity contribution in [2.45, 2.75) is 25.7 Å². The van der Waals surface area contributed by atoms with Crippen LogP contribution in [0, 0.1) is 0 Å². The van der Waals surface area contributed by atoms with Gasteiger partial charge in [0.1, 0.15) is 0 Å². The van der Waals surface area contributed by atoms with Crippen molar-refractivity contribution in [3.8, 4) is 39.3 Å². The summed E-state index contributed by atoms with van der Waals surface area (Å²) in [6, 6.07) is 40.1. The SMILES string of the molecule is [Br-].c1ccc(-c2c3c([n+](-c4ccccc4)c4c2CCc2ccccc2-4)-c2ccccc2CC3)cc1. The Morgan fingerprint density at radius 3 is 1.46 bits per heavy atom. The quantitative estimate of drug-likeness (QED) is 0.311. The fourth-order valence-corrected chi connectivity index (χ4v) is 6.10. The molecule has 0 saturated carbocycles. The maximum Gasteiger partial charge on any atom is 0.223 e. The fourth-order valence-electron chi connectivity index (χ4n) is 6.10. The molecule has 4 aromatic carbocycles. The summed E-state index contributed by atoms with van der Waals surface area (Å²) in [5.74, 6) is 0. The number of fused-ring (bicyclic) bond motifs is 6. The van der Waals surface area contributed by atoms with Crippen LogP contribution in [-0.4, -0.2) is 0 Å².